The van der Waals surface area contributed by atoms with Crippen LogP contribution in [0.2, 0.25) is 0 Å². The highest BCUT2D eigenvalue weighted by Gasteiger charge is 2.16. The Hall–Kier alpha value is -6.42. The fraction of sp³-hybridized carbons (Fsp3) is 0.143. The molecule has 0 radical (unpaired) electrons. The van der Waals surface area contributed by atoms with Crippen molar-refractivity contribution in [3.05, 3.63) is 205 Å². The number of fused-ring (bicyclic) bond motifs is 3. The molecule has 3 heteroatoms. The van der Waals surface area contributed by atoms with Gasteiger partial charge >= 0.3 is 0 Å². The molecular weight excluding hydrogens is 733 g/mol. The molecule has 0 saturated heterocycles. The van der Waals surface area contributed by atoms with E-state index in [2.05, 4.69) is 219 Å². The van der Waals surface area contributed by atoms with E-state index in [0.717, 1.165) is 34.9 Å². The minimum absolute atomic E-state index is 1.12. The van der Waals surface area contributed by atoms with Crippen molar-refractivity contribution in [2.45, 2.75) is 52.9 Å². The Bertz CT molecular complexity index is 2780. The average Bonchev–Trinajstić information content (AvgIpc) is 3.67. The Balaban J connectivity index is 0.992. The first-order valence-corrected chi connectivity index (χ1v) is 21.9. The molecule has 0 spiro atoms. The highest BCUT2D eigenvalue weighted by atomic mass is 32.1. The quantitative estimate of drug-likeness (QED) is 0.108. The van der Waals surface area contributed by atoms with E-state index in [1.807, 2.05) is 11.3 Å². The molecule has 0 atom stereocenters. The third-order valence-corrected chi connectivity index (χ3v) is 12.7. The number of aryl methyl sites for hydroxylation is 3. The van der Waals surface area contributed by atoms with E-state index in [4.69, 9.17) is 0 Å². The second-order valence-corrected chi connectivity index (χ2v) is 16.8. The second kappa shape index (κ2) is 17.2. The molecule has 59 heavy (non-hydrogen) atoms. The maximum Gasteiger partial charge on any atom is 0.0462 e. The first-order chi connectivity index (χ1) is 29.0. The van der Waals surface area contributed by atoms with Gasteiger partial charge in [0, 0.05) is 54.3 Å². The number of benzene rings is 8. The van der Waals surface area contributed by atoms with Crippen molar-refractivity contribution in [2.24, 2.45) is 0 Å². The van der Waals surface area contributed by atoms with Gasteiger partial charge in [0.25, 0.3) is 0 Å². The minimum Gasteiger partial charge on any atom is -0.311 e. The van der Waals surface area contributed by atoms with E-state index in [-0.39, 0.29) is 0 Å². The molecule has 290 valence electrons. The molecule has 0 fully saturated rings. The van der Waals surface area contributed by atoms with Crippen LogP contribution in [0.3, 0.4) is 0 Å². The number of hydrogen-bond acceptors (Lipinski definition) is 3. The zero-order valence-corrected chi connectivity index (χ0v) is 35.1. The molecule has 0 saturated carbocycles. The van der Waals surface area contributed by atoms with Crippen LogP contribution in [0, 0.1) is 13.8 Å². The summed E-state index contributed by atoms with van der Waals surface area (Å²) in [4.78, 5) is 4.72. The molecule has 0 N–H and O–H groups in total. The van der Waals surface area contributed by atoms with E-state index in [9.17, 15) is 0 Å². The lowest BCUT2D eigenvalue weighted by Crippen LogP contribution is -2.10. The number of unbranched alkanes of at least 4 members (excludes halogenated alkanes) is 3. The highest BCUT2D eigenvalue weighted by molar-refractivity contribution is 7.26. The molecular formula is C56H50N2S. The van der Waals surface area contributed by atoms with Crippen molar-refractivity contribution in [1.29, 1.82) is 0 Å². The third-order valence-electron chi connectivity index (χ3n) is 11.5. The maximum atomic E-state index is 2.36. The van der Waals surface area contributed by atoms with E-state index < -0.39 is 0 Å². The lowest BCUT2D eigenvalue weighted by atomic mass is 10.0. The van der Waals surface area contributed by atoms with Crippen LogP contribution in [0.4, 0.5) is 34.1 Å². The zero-order valence-electron chi connectivity index (χ0n) is 34.2. The van der Waals surface area contributed by atoms with Crippen molar-refractivity contribution < 1.29 is 0 Å². The van der Waals surface area contributed by atoms with Crippen LogP contribution in [0.15, 0.2) is 188 Å². The Labute approximate surface area is 353 Å². The monoisotopic (exact) mass is 782 g/mol. The second-order valence-electron chi connectivity index (χ2n) is 15.7. The van der Waals surface area contributed by atoms with Crippen LogP contribution < -0.4 is 9.80 Å². The van der Waals surface area contributed by atoms with Gasteiger partial charge in [-0.15, -0.1) is 11.3 Å². The Morgan fingerprint density at radius 2 is 0.831 bits per heavy atom. The normalized spacial score (nSPS) is 11.3. The standard InChI is InChI=1S/C56H50N2S/c1-4-5-6-7-11-42-20-32-48(33-21-42)57(46-28-16-40(2)17-29-46)49-34-22-43(23-35-49)44-24-36-50(37-25-44)58(47-30-18-41(3)19-31-47)51-38-26-45(27-39-51)52-13-10-14-54-53-12-8-9-15-55(53)59-56(52)54/h8-10,12-39H,4-7,11H2,1-3H3. The predicted molar refractivity (Wildman–Crippen MR) is 257 cm³/mol. The van der Waals surface area contributed by atoms with Crippen LogP contribution in [0.5, 0.6) is 0 Å². The summed E-state index contributed by atoms with van der Waals surface area (Å²) in [5, 5.41) is 2.65. The predicted octanol–water partition coefficient (Wildman–Crippen LogP) is 17.1. The van der Waals surface area contributed by atoms with Crippen LogP contribution >= 0.6 is 11.3 Å². The van der Waals surface area contributed by atoms with Crippen LogP contribution in [-0.4, -0.2) is 0 Å². The van der Waals surface area contributed by atoms with Gasteiger partial charge in [0.15, 0.2) is 0 Å². The molecule has 2 nitrogen and oxygen atoms in total. The van der Waals surface area contributed by atoms with Gasteiger partial charge in [-0.25, -0.2) is 0 Å². The summed E-state index contributed by atoms with van der Waals surface area (Å²) < 4.78 is 2.67. The van der Waals surface area contributed by atoms with Gasteiger partial charge in [0.05, 0.1) is 0 Å². The maximum absolute atomic E-state index is 2.36. The summed E-state index contributed by atoms with van der Waals surface area (Å²) >= 11 is 1.88. The van der Waals surface area contributed by atoms with Crippen molar-refractivity contribution in [2.75, 3.05) is 9.80 Å². The molecule has 0 bridgehead atoms. The van der Waals surface area contributed by atoms with Gasteiger partial charge in [0.2, 0.25) is 0 Å². The van der Waals surface area contributed by atoms with Crippen molar-refractivity contribution in [3.8, 4) is 22.3 Å². The summed E-state index contributed by atoms with van der Waals surface area (Å²) in [7, 11) is 0. The van der Waals surface area contributed by atoms with E-state index in [0.29, 0.717) is 0 Å². The van der Waals surface area contributed by atoms with Crippen LogP contribution in [-0.2, 0) is 6.42 Å². The molecule has 0 amide bonds. The lowest BCUT2D eigenvalue weighted by Gasteiger charge is -2.26. The topological polar surface area (TPSA) is 6.48 Å². The number of rotatable bonds is 13. The van der Waals surface area contributed by atoms with Crippen LogP contribution in [0.25, 0.3) is 42.4 Å². The van der Waals surface area contributed by atoms with Gasteiger partial charge in [-0.3, -0.25) is 0 Å². The van der Waals surface area contributed by atoms with E-state index in [1.165, 1.54) is 90.5 Å². The van der Waals surface area contributed by atoms with Gasteiger partial charge in [0.1, 0.15) is 0 Å². The van der Waals surface area contributed by atoms with E-state index >= 15 is 0 Å². The molecule has 0 unspecified atom stereocenters. The van der Waals surface area contributed by atoms with Crippen molar-refractivity contribution in [3.63, 3.8) is 0 Å². The number of nitrogens with zero attached hydrogens (tertiary/aromatic N) is 2. The zero-order chi connectivity index (χ0) is 40.1. The summed E-state index contributed by atoms with van der Waals surface area (Å²) in [6.45, 7) is 6.56. The smallest absolute Gasteiger partial charge is 0.0462 e. The molecule has 0 aliphatic heterocycles. The number of hydrogen-bond donors (Lipinski definition) is 0. The van der Waals surface area contributed by atoms with Gasteiger partial charge in [-0.05, 0) is 133 Å². The fourth-order valence-electron chi connectivity index (χ4n) is 8.22. The molecule has 1 aromatic heterocycles. The SMILES string of the molecule is CCCCCCc1ccc(N(c2ccc(C)cc2)c2ccc(-c3ccc(N(c4ccc(C)cc4)c4ccc(-c5cccc6c5sc5ccccc56)cc4)cc3)cc2)cc1. The number of anilines is 6. The summed E-state index contributed by atoms with van der Waals surface area (Å²) in [5.74, 6) is 0. The lowest BCUT2D eigenvalue weighted by molar-refractivity contribution is 0.667. The Kier molecular flexibility index (Phi) is 11.1. The molecule has 0 aliphatic carbocycles. The largest absolute Gasteiger partial charge is 0.311 e. The van der Waals surface area contributed by atoms with E-state index in [1.54, 1.807) is 0 Å². The fourth-order valence-corrected chi connectivity index (χ4v) is 9.46. The average molecular weight is 783 g/mol. The Morgan fingerprint density at radius 3 is 1.34 bits per heavy atom. The van der Waals surface area contributed by atoms with Gasteiger partial charge in [-0.2, -0.15) is 0 Å². The van der Waals surface area contributed by atoms with Crippen molar-refractivity contribution in [1.82, 2.24) is 0 Å². The number of thiophene rings is 1. The summed E-state index contributed by atoms with van der Waals surface area (Å²) in [5.41, 5.74) is 15.6. The molecule has 9 rings (SSSR count). The summed E-state index contributed by atoms with van der Waals surface area (Å²) in [6, 6.07) is 69.3. The minimum atomic E-state index is 1.12. The Morgan fingerprint density at radius 1 is 0.390 bits per heavy atom. The van der Waals surface area contributed by atoms with Crippen LogP contribution in [0.1, 0.15) is 49.3 Å². The molecule has 0 aliphatic rings. The van der Waals surface area contributed by atoms with Gasteiger partial charge < -0.3 is 9.80 Å². The molecule has 9 aromatic rings. The first kappa shape index (κ1) is 38.1. The molecule has 8 aromatic carbocycles. The summed E-state index contributed by atoms with van der Waals surface area (Å²) in [6.07, 6.45) is 6.27. The van der Waals surface area contributed by atoms with Gasteiger partial charge in [-0.1, -0.05) is 147 Å². The third kappa shape index (κ3) is 8.17. The molecule has 1 heterocycles. The first-order valence-electron chi connectivity index (χ1n) is 21.1. The highest BCUT2D eigenvalue weighted by Crippen LogP contribution is 2.42. The van der Waals surface area contributed by atoms with Crippen molar-refractivity contribution >= 4 is 65.6 Å².